The number of pyridine rings is 2. The summed E-state index contributed by atoms with van der Waals surface area (Å²) in [5.41, 5.74) is 2.05. The second-order valence-electron chi connectivity index (χ2n) is 4.20. The third kappa shape index (κ3) is 2.53. The summed E-state index contributed by atoms with van der Waals surface area (Å²) >= 11 is 3.26. The van der Waals surface area contributed by atoms with Gasteiger partial charge in [-0.05, 0) is 40.2 Å². The van der Waals surface area contributed by atoms with Crippen LogP contribution in [-0.4, -0.2) is 15.9 Å². The summed E-state index contributed by atoms with van der Waals surface area (Å²) in [4.78, 5) is 20.7. The molecule has 3 rings (SSSR count). The maximum Gasteiger partial charge on any atom is 0.256 e. The molecule has 0 aliphatic heterocycles. The first-order valence-corrected chi connectivity index (χ1v) is 6.80. The van der Waals surface area contributed by atoms with Gasteiger partial charge in [0.1, 0.15) is 4.60 Å². The molecule has 0 radical (unpaired) electrons. The summed E-state index contributed by atoms with van der Waals surface area (Å²) in [6.45, 7) is 0. The van der Waals surface area contributed by atoms with Crippen LogP contribution in [0.25, 0.3) is 10.9 Å². The van der Waals surface area contributed by atoms with Gasteiger partial charge in [0.15, 0.2) is 0 Å². The van der Waals surface area contributed by atoms with Gasteiger partial charge in [0, 0.05) is 11.6 Å². The number of hydrogen-bond donors (Lipinski definition) is 1. The number of halogens is 1. The fourth-order valence-electron chi connectivity index (χ4n) is 1.94. The molecule has 5 heteroatoms. The van der Waals surface area contributed by atoms with Crippen LogP contribution in [0, 0.1) is 0 Å². The van der Waals surface area contributed by atoms with Crippen molar-refractivity contribution < 1.29 is 4.79 Å². The monoisotopic (exact) mass is 327 g/mol. The first-order valence-electron chi connectivity index (χ1n) is 6.01. The van der Waals surface area contributed by atoms with Crippen LogP contribution in [0.2, 0.25) is 0 Å². The van der Waals surface area contributed by atoms with Crippen molar-refractivity contribution in [1.29, 1.82) is 0 Å². The van der Waals surface area contributed by atoms with Crippen molar-refractivity contribution in [3.05, 3.63) is 65.0 Å². The van der Waals surface area contributed by atoms with E-state index in [1.807, 2.05) is 24.3 Å². The van der Waals surface area contributed by atoms with E-state index >= 15 is 0 Å². The number of nitrogens with one attached hydrogen (secondary N) is 1. The highest BCUT2D eigenvalue weighted by atomic mass is 79.9. The molecule has 0 atom stereocenters. The minimum absolute atomic E-state index is 0.173. The number of anilines is 1. The lowest BCUT2D eigenvalue weighted by Crippen LogP contribution is -2.12. The van der Waals surface area contributed by atoms with Gasteiger partial charge in [-0.15, -0.1) is 0 Å². The van der Waals surface area contributed by atoms with Crippen LogP contribution in [0.3, 0.4) is 0 Å². The second kappa shape index (κ2) is 5.38. The molecule has 1 N–H and O–H groups in total. The van der Waals surface area contributed by atoms with Gasteiger partial charge in [-0.3, -0.25) is 9.78 Å². The maximum atomic E-state index is 12.3. The van der Waals surface area contributed by atoms with E-state index in [1.165, 1.54) is 0 Å². The Labute approximate surface area is 124 Å². The van der Waals surface area contributed by atoms with Crippen LogP contribution >= 0.6 is 15.9 Å². The van der Waals surface area contributed by atoms with E-state index in [1.54, 1.807) is 30.6 Å². The number of amides is 1. The van der Waals surface area contributed by atoms with Crippen LogP contribution in [0.4, 0.5) is 5.69 Å². The van der Waals surface area contributed by atoms with Crippen LogP contribution in [-0.2, 0) is 0 Å². The van der Waals surface area contributed by atoms with Gasteiger partial charge in [0.25, 0.3) is 5.91 Å². The van der Waals surface area contributed by atoms with E-state index in [-0.39, 0.29) is 5.91 Å². The maximum absolute atomic E-state index is 12.3. The number of para-hydroxylation sites is 1. The molecule has 0 saturated carbocycles. The Morgan fingerprint density at radius 2 is 1.90 bits per heavy atom. The molecular weight excluding hydrogens is 318 g/mol. The molecule has 0 bridgehead atoms. The van der Waals surface area contributed by atoms with Gasteiger partial charge in [-0.2, -0.15) is 0 Å². The van der Waals surface area contributed by atoms with Crippen molar-refractivity contribution >= 4 is 38.4 Å². The van der Waals surface area contributed by atoms with Gasteiger partial charge in [-0.25, -0.2) is 4.98 Å². The van der Waals surface area contributed by atoms with Crippen molar-refractivity contribution in [3.8, 4) is 0 Å². The fourth-order valence-corrected chi connectivity index (χ4v) is 2.18. The molecule has 1 aromatic carbocycles. The van der Waals surface area contributed by atoms with Crippen LogP contribution < -0.4 is 5.32 Å². The lowest BCUT2D eigenvalue weighted by Gasteiger charge is -2.07. The zero-order chi connectivity index (χ0) is 13.9. The van der Waals surface area contributed by atoms with Crippen LogP contribution in [0.5, 0.6) is 0 Å². The Bertz CT molecular complexity index is 766. The lowest BCUT2D eigenvalue weighted by molar-refractivity contribution is 0.102. The zero-order valence-corrected chi connectivity index (χ0v) is 12.0. The molecule has 98 valence electrons. The summed E-state index contributed by atoms with van der Waals surface area (Å²) in [5, 5.41) is 3.66. The molecule has 0 saturated heterocycles. The molecule has 0 aliphatic carbocycles. The van der Waals surface area contributed by atoms with E-state index in [0.29, 0.717) is 11.3 Å². The third-order valence-corrected chi connectivity index (χ3v) is 3.35. The number of rotatable bonds is 2. The largest absolute Gasteiger partial charge is 0.321 e. The number of hydrogen-bond acceptors (Lipinski definition) is 3. The summed E-state index contributed by atoms with van der Waals surface area (Å²) in [6, 6.07) is 12.8. The molecule has 0 spiro atoms. The van der Waals surface area contributed by atoms with E-state index in [0.717, 1.165) is 15.5 Å². The van der Waals surface area contributed by atoms with Gasteiger partial charge < -0.3 is 5.32 Å². The Kier molecular flexibility index (Phi) is 3.43. The number of benzene rings is 1. The molecule has 0 unspecified atom stereocenters. The van der Waals surface area contributed by atoms with Gasteiger partial charge >= 0.3 is 0 Å². The van der Waals surface area contributed by atoms with Gasteiger partial charge in [-0.1, -0.05) is 18.2 Å². The summed E-state index contributed by atoms with van der Waals surface area (Å²) in [7, 11) is 0. The lowest BCUT2D eigenvalue weighted by atomic mass is 10.1. The Morgan fingerprint density at radius 3 is 2.70 bits per heavy atom. The second-order valence-corrected chi connectivity index (χ2v) is 5.01. The number of fused-ring (bicyclic) bond motifs is 1. The summed E-state index contributed by atoms with van der Waals surface area (Å²) < 4.78 is 0.727. The van der Waals surface area contributed by atoms with E-state index in [2.05, 4.69) is 31.2 Å². The standard InChI is InChI=1S/C15H10BrN3O/c16-14-6-5-10(9-18-14)19-15(20)12-7-8-17-13-4-2-1-3-11(12)13/h1-9H,(H,19,20). The number of carbonyl (C=O) groups excluding carboxylic acids is 1. The van der Waals surface area contributed by atoms with Gasteiger partial charge in [0.05, 0.1) is 23.0 Å². The van der Waals surface area contributed by atoms with Crippen LogP contribution in [0.15, 0.2) is 59.5 Å². The Balaban J connectivity index is 1.94. The smallest absolute Gasteiger partial charge is 0.256 e. The minimum atomic E-state index is -0.173. The van der Waals surface area contributed by atoms with Crippen molar-refractivity contribution in [2.75, 3.05) is 5.32 Å². The molecule has 3 aromatic rings. The highest BCUT2D eigenvalue weighted by molar-refractivity contribution is 9.10. The van der Waals surface area contributed by atoms with Crippen LogP contribution in [0.1, 0.15) is 10.4 Å². The SMILES string of the molecule is O=C(Nc1ccc(Br)nc1)c1ccnc2ccccc12. The van der Waals surface area contributed by atoms with E-state index < -0.39 is 0 Å². The average Bonchev–Trinajstić information content (AvgIpc) is 2.49. The Morgan fingerprint density at radius 1 is 1.05 bits per heavy atom. The topological polar surface area (TPSA) is 54.9 Å². The molecule has 2 aromatic heterocycles. The number of carbonyl (C=O) groups is 1. The molecule has 0 aliphatic rings. The molecule has 0 fully saturated rings. The fraction of sp³-hybridized carbons (Fsp3) is 0. The first kappa shape index (κ1) is 12.7. The summed E-state index contributed by atoms with van der Waals surface area (Å²) in [5.74, 6) is -0.173. The highest BCUT2D eigenvalue weighted by Gasteiger charge is 2.10. The number of aromatic nitrogens is 2. The quantitative estimate of drug-likeness (QED) is 0.731. The predicted molar refractivity (Wildman–Crippen MR) is 81.6 cm³/mol. The van der Waals surface area contributed by atoms with E-state index in [9.17, 15) is 4.79 Å². The molecule has 20 heavy (non-hydrogen) atoms. The van der Waals surface area contributed by atoms with Crippen molar-refractivity contribution in [1.82, 2.24) is 9.97 Å². The van der Waals surface area contributed by atoms with E-state index in [4.69, 9.17) is 0 Å². The number of nitrogens with zero attached hydrogens (tertiary/aromatic N) is 2. The van der Waals surface area contributed by atoms with Crippen molar-refractivity contribution in [3.63, 3.8) is 0 Å². The molecule has 2 heterocycles. The average molecular weight is 328 g/mol. The predicted octanol–water partition coefficient (Wildman–Crippen LogP) is 3.64. The molecular formula is C15H10BrN3O. The third-order valence-electron chi connectivity index (χ3n) is 2.88. The van der Waals surface area contributed by atoms with Crippen molar-refractivity contribution in [2.45, 2.75) is 0 Å². The normalized spacial score (nSPS) is 10.4. The van der Waals surface area contributed by atoms with Crippen molar-refractivity contribution in [2.24, 2.45) is 0 Å². The highest BCUT2D eigenvalue weighted by Crippen LogP contribution is 2.18. The minimum Gasteiger partial charge on any atom is -0.321 e. The van der Waals surface area contributed by atoms with Gasteiger partial charge in [0.2, 0.25) is 0 Å². The molecule has 1 amide bonds. The zero-order valence-electron chi connectivity index (χ0n) is 10.4. The Hall–Kier alpha value is -2.27. The summed E-state index contributed by atoms with van der Waals surface area (Å²) in [6.07, 6.45) is 3.24. The molecule has 4 nitrogen and oxygen atoms in total. The first-order chi connectivity index (χ1) is 9.74.